The first-order valence-corrected chi connectivity index (χ1v) is 8.86. The van der Waals surface area contributed by atoms with E-state index in [2.05, 4.69) is 43.0 Å². The molecule has 1 aromatic rings. The molecule has 20 heavy (non-hydrogen) atoms. The van der Waals surface area contributed by atoms with Crippen LogP contribution in [-0.4, -0.2) is 35.8 Å². The van der Waals surface area contributed by atoms with E-state index in [1.54, 1.807) is 0 Å². The minimum atomic E-state index is 0.451. The lowest BCUT2D eigenvalue weighted by molar-refractivity contribution is 0.166. The summed E-state index contributed by atoms with van der Waals surface area (Å²) in [4.78, 5) is 4.03. The Kier molecular flexibility index (Phi) is 6.40. The van der Waals surface area contributed by atoms with Crippen molar-refractivity contribution in [3.8, 4) is 0 Å². The maximum atomic E-state index is 6.00. The highest BCUT2D eigenvalue weighted by Crippen LogP contribution is 2.23. The van der Waals surface area contributed by atoms with E-state index >= 15 is 0 Å². The number of hydrogen-bond acceptors (Lipinski definition) is 3. The summed E-state index contributed by atoms with van der Waals surface area (Å²) >= 11 is 1.97. The summed E-state index contributed by atoms with van der Waals surface area (Å²) in [6, 6.07) is 10.1. The molecule has 0 unspecified atom stereocenters. The summed E-state index contributed by atoms with van der Waals surface area (Å²) in [5, 5.41) is 0. The van der Waals surface area contributed by atoms with Crippen molar-refractivity contribution in [2.45, 2.75) is 56.5 Å². The lowest BCUT2D eigenvalue weighted by atomic mass is 9.91. The van der Waals surface area contributed by atoms with Crippen LogP contribution in [0.1, 0.15) is 38.2 Å². The molecule has 0 amide bonds. The number of nitrogens with zero attached hydrogens (tertiary/aromatic N) is 1. The number of nitrogens with two attached hydrogens (primary N) is 1. The fourth-order valence-electron chi connectivity index (χ4n) is 2.98. The maximum Gasteiger partial charge on any atom is 0.0108 e. The highest BCUT2D eigenvalue weighted by Gasteiger charge is 2.22. The van der Waals surface area contributed by atoms with Gasteiger partial charge in [-0.05, 0) is 51.3 Å². The van der Waals surface area contributed by atoms with Gasteiger partial charge in [-0.25, -0.2) is 0 Å². The van der Waals surface area contributed by atoms with Crippen molar-refractivity contribution in [2.75, 3.05) is 18.8 Å². The van der Waals surface area contributed by atoms with Gasteiger partial charge in [-0.3, -0.25) is 4.90 Å². The van der Waals surface area contributed by atoms with E-state index in [-0.39, 0.29) is 0 Å². The third-order valence-electron chi connectivity index (χ3n) is 4.33. The molecule has 2 rings (SSSR count). The highest BCUT2D eigenvalue weighted by molar-refractivity contribution is 7.99. The second kappa shape index (κ2) is 8.06. The molecule has 0 aromatic heterocycles. The Bertz CT molecular complexity index is 382. The zero-order chi connectivity index (χ0) is 14.4. The topological polar surface area (TPSA) is 29.3 Å². The summed E-state index contributed by atoms with van der Waals surface area (Å²) in [5.41, 5.74) is 7.34. The molecule has 3 heteroatoms. The molecule has 0 spiro atoms. The third-order valence-corrected chi connectivity index (χ3v) is 5.32. The van der Waals surface area contributed by atoms with Crippen molar-refractivity contribution < 1.29 is 0 Å². The summed E-state index contributed by atoms with van der Waals surface area (Å²) in [6.45, 7) is 6.77. The Morgan fingerprint density at radius 3 is 2.40 bits per heavy atom. The fourth-order valence-corrected chi connectivity index (χ4v) is 3.87. The van der Waals surface area contributed by atoms with E-state index in [0.29, 0.717) is 6.04 Å². The van der Waals surface area contributed by atoms with Crippen LogP contribution in [0.25, 0.3) is 0 Å². The van der Waals surface area contributed by atoms with Crippen LogP contribution >= 0.6 is 11.8 Å². The van der Waals surface area contributed by atoms with Gasteiger partial charge in [0, 0.05) is 29.3 Å². The Hall–Kier alpha value is -0.510. The van der Waals surface area contributed by atoms with E-state index in [9.17, 15) is 0 Å². The molecule has 1 aromatic carbocycles. The van der Waals surface area contributed by atoms with Gasteiger partial charge in [0.15, 0.2) is 0 Å². The average molecular weight is 292 g/mol. The second-order valence-electron chi connectivity index (χ2n) is 5.86. The van der Waals surface area contributed by atoms with Crippen molar-refractivity contribution in [3.05, 3.63) is 29.8 Å². The van der Waals surface area contributed by atoms with Crippen LogP contribution in [0.2, 0.25) is 0 Å². The van der Waals surface area contributed by atoms with Crippen LogP contribution in [-0.2, 0) is 0 Å². The van der Waals surface area contributed by atoms with Gasteiger partial charge in [0.05, 0.1) is 0 Å². The third kappa shape index (κ3) is 4.80. The lowest BCUT2D eigenvalue weighted by Gasteiger charge is -2.35. The van der Waals surface area contributed by atoms with Crippen molar-refractivity contribution in [1.82, 2.24) is 4.90 Å². The van der Waals surface area contributed by atoms with Crippen LogP contribution in [0.5, 0.6) is 0 Å². The largest absolute Gasteiger partial charge is 0.328 e. The summed E-state index contributed by atoms with van der Waals surface area (Å²) in [5.74, 6) is 1.18. The number of aryl methyl sites for hydroxylation is 1. The molecule has 0 saturated heterocycles. The van der Waals surface area contributed by atoms with Crippen LogP contribution in [0.15, 0.2) is 29.2 Å². The highest BCUT2D eigenvalue weighted by atomic mass is 32.2. The molecule has 0 bridgehead atoms. The summed E-state index contributed by atoms with van der Waals surface area (Å²) in [6.07, 6.45) is 4.97. The summed E-state index contributed by atoms with van der Waals surface area (Å²) in [7, 11) is 0. The number of hydrogen-bond donors (Lipinski definition) is 1. The summed E-state index contributed by atoms with van der Waals surface area (Å²) < 4.78 is 0. The lowest BCUT2D eigenvalue weighted by Crippen LogP contribution is -2.41. The molecule has 112 valence electrons. The number of rotatable bonds is 6. The van der Waals surface area contributed by atoms with E-state index < -0.39 is 0 Å². The molecule has 0 heterocycles. The van der Waals surface area contributed by atoms with Crippen molar-refractivity contribution >= 4 is 11.8 Å². The molecule has 2 nitrogen and oxygen atoms in total. The number of benzene rings is 1. The van der Waals surface area contributed by atoms with Crippen LogP contribution in [0.3, 0.4) is 0 Å². The van der Waals surface area contributed by atoms with Gasteiger partial charge in [-0.2, -0.15) is 0 Å². The molecular formula is C17H28N2S. The first kappa shape index (κ1) is 15.9. The van der Waals surface area contributed by atoms with Gasteiger partial charge in [-0.15, -0.1) is 11.8 Å². The van der Waals surface area contributed by atoms with Gasteiger partial charge in [0.1, 0.15) is 0 Å². The normalized spacial score (nSPS) is 23.2. The maximum absolute atomic E-state index is 6.00. The second-order valence-corrected chi connectivity index (χ2v) is 7.03. The van der Waals surface area contributed by atoms with Crippen LogP contribution in [0.4, 0.5) is 0 Å². The predicted octanol–water partition coefficient (Wildman–Crippen LogP) is 3.68. The first-order valence-electron chi connectivity index (χ1n) is 7.88. The van der Waals surface area contributed by atoms with Crippen LogP contribution < -0.4 is 5.73 Å². The van der Waals surface area contributed by atoms with Gasteiger partial charge in [-0.1, -0.05) is 24.6 Å². The number of thioether (sulfide) groups is 1. The smallest absolute Gasteiger partial charge is 0.0108 e. The Balaban J connectivity index is 1.74. The minimum Gasteiger partial charge on any atom is -0.328 e. The van der Waals surface area contributed by atoms with E-state index in [0.717, 1.165) is 12.6 Å². The molecule has 1 saturated carbocycles. The first-order chi connectivity index (χ1) is 9.69. The van der Waals surface area contributed by atoms with Crippen molar-refractivity contribution in [3.63, 3.8) is 0 Å². The van der Waals surface area contributed by atoms with Gasteiger partial charge in [0.25, 0.3) is 0 Å². The predicted molar refractivity (Wildman–Crippen MR) is 89.4 cm³/mol. The quantitative estimate of drug-likeness (QED) is 0.811. The van der Waals surface area contributed by atoms with Gasteiger partial charge in [0.2, 0.25) is 0 Å². The zero-order valence-electron chi connectivity index (χ0n) is 12.8. The Morgan fingerprint density at radius 1 is 1.15 bits per heavy atom. The Morgan fingerprint density at radius 2 is 1.80 bits per heavy atom. The van der Waals surface area contributed by atoms with Gasteiger partial charge < -0.3 is 5.73 Å². The molecular weight excluding hydrogens is 264 g/mol. The molecule has 1 aliphatic carbocycles. The molecule has 0 atom stereocenters. The molecule has 2 N–H and O–H groups in total. The van der Waals surface area contributed by atoms with Gasteiger partial charge >= 0.3 is 0 Å². The van der Waals surface area contributed by atoms with E-state index in [4.69, 9.17) is 5.73 Å². The van der Waals surface area contributed by atoms with Crippen molar-refractivity contribution in [1.29, 1.82) is 0 Å². The Labute approximate surface area is 128 Å². The monoisotopic (exact) mass is 292 g/mol. The SMILES string of the molecule is CCN(CCSc1ccc(C)cc1)C1CCC(N)CC1. The van der Waals surface area contributed by atoms with Crippen molar-refractivity contribution in [2.24, 2.45) is 5.73 Å². The molecule has 0 aliphatic heterocycles. The fraction of sp³-hybridized carbons (Fsp3) is 0.647. The van der Waals surface area contributed by atoms with Crippen LogP contribution in [0, 0.1) is 6.92 Å². The van der Waals surface area contributed by atoms with E-state index in [1.807, 2.05) is 11.8 Å². The molecule has 0 radical (unpaired) electrons. The molecule has 1 aliphatic rings. The minimum absolute atomic E-state index is 0.451. The zero-order valence-corrected chi connectivity index (χ0v) is 13.7. The average Bonchev–Trinajstić information content (AvgIpc) is 2.47. The standard InChI is InChI=1S/C17H28N2S/c1-3-19(16-8-6-15(18)7-9-16)12-13-20-17-10-4-14(2)5-11-17/h4-5,10-11,15-16H,3,6-9,12-13,18H2,1-2H3. The molecule has 1 fully saturated rings. The van der Waals surface area contributed by atoms with E-state index in [1.165, 1.54) is 48.4 Å².